The van der Waals surface area contributed by atoms with E-state index < -0.39 is 16.1 Å². The predicted molar refractivity (Wildman–Crippen MR) is 119 cm³/mol. The Morgan fingerprint density at radius 3 is 2.71 bits per heavy atom. The maximum atomic E-state index is 13.4. The normalized spacial score (nSPS) is 17.7. The number of nitrogens with zero attached hydrogens (tertiary/aromatic N) is 4. The molecular formula is C21H24ClN5O3S. The molecule has 1 amide bonds. The minimum Gasteiger partial charge on any atom is -0.325 e. The number of carbonyl (C=O) groups excluding carboxylic acids is 1. The molecule has 3 aromatic rings. The highest BCUT2D eigenvalue weighted by atomic mass is 35.5. The van der Waals surface area contributed by atoms with E-state index in [-0.39, 0.29) is 10.8 Å². The number of anilines is 1. The second-order valence-corrected chi connectivity index (χ2v) is 9.91. The standard InChI is InChI=1S/C21H24ClN5O3S/c1-2-12-26-19-11-10-17(14-18(19)24-25-26)31(29,30)27-13-4-3-5-20(27)21(28)23-16-8-6-15(22)7-9-16/h6-11,14,20H,2-5,12-13H2,1H3,(H,23,28). The molecule has 1 aromatic heterocycles. The smallest absolute Gasteiger partial charge is 0.243 e. The number of piperidine rings is 1. The minimum absolute atomic E-state index is 0.120. The fraction of sp³-hybridized carbons (Fsp3) is 0.381. The summed E-state index contributed by atoms with van der Waals surface area (Å²) in [5.41, 5.74) is 1.89. The highest BCUT2D eigenvalue weighted by Crippen LogP contribution is 2.28. The molecule has 31 heavy (non-hydrogen) atoms. The minimum atomic E-state index is -3.88. The first-order valence-electron chi connectivity index (χ1n) is 10.3. The molecule has 1 N–H and O–H groups in total. The summed E-state index contributed by atoms with van der Waals surface area (Å²) in [4.78, 5) is 13.1. The monoisotopic (exact) mass is 461 g/mol. The van der Waals surface area contributed by atoms with Gasteiger partial charge in [0.2, 0.25) is 15.9 Å². The van der Waals surface area contributed by atoms with E-state index in [0.29, 0.717) is 42.2 Å². The van der Waals surface area contributed by atoms with E-state index in [1.807, 2.05) is 6.92 Å². The summed E-state index contributed by atoms with van der Waals surface area (Å²) in [5, 5.41) is 11.6. The molecule has 2 heterocycles. The van der Waals surface area contributed by atoms with Crippen molar-refractivity contribution in [1.29, 1.82) is 0 Å². The first-order valence-corrected chi connectivity index (χ1v) is 12.1. The lowest BCUT2D eigenvalue weighted by Gasteiger charge is -2.33. The molecule has 1 aliphatic rings. The van der Waals surface area contributed by atoms with Gasteiger partial charge in [0.05, 0.1) is 10.4 Å². The van der Waals surface area contributed by atoms with Crippen molar-refractivity contribution in [2.75, 3.05) is 11.9 Å². The molecule has 164 valence electrons. The Labute approximate surface area is 186 Å². The second-order valence-electron chi connectivity index (χ2n) is 7.59. The molecule has 0 saturated carbocycles. The molecule has 2 aromatic carbocycles. The van der Waals surface area contributed by atoms with Gasteiger partial charge in [-0.1, -0.05) is 30.2 Å². The van der Waals surface area contributed by atoms with Crippen molar-refractivity contribution in [3.8, 4) is 0 Å². The van der Waals surface area contributed by atoms with Crippen molar-refractivity contribution in [2.45, 2.75) is 50.1 Å². The zero-order chi connectivity index (χ0) is 22.0. The van der Waals surface area contributed by atoms with Crippen molar-refractivity contribution in [1.82, 2.24) is 19.3 Å². The van der Waals surface area contributed by atoms with Crippen LogP contribution in [-0.2, 0) is 21.4 Å². The number of carbonyl (C=O) groups is 1. The van der Waals surface area contributed by atoms with E-state index in [0.717, 1.165) is 18.4 Å². The number of benzene rings is 2. The van der Waals surface area contributed by atoms with E-state index in [9.17, 15) is 13.2 Å². The summed E-state index contributed by atoms with van der Waals surface area (Å²) in [7, 11) is -3.88. The molecule has 0 aliphatic carbocycles. The van der Waals surface area contributed by atoms with Crippen LogP contribution in [0.15, 0.2) is 47.4 Å². The molecule has 1 atom stereocenters. The lowest BCUT2D eigenvalue weighted by atomic mass is 10.0. The highest BCUT2D eigenvalue weighted by Gasteiger charge is 2.37. The van der Waals surface area contributed by atoms with Crippen molar-refractivity contribution < 1.29 is 13.2 Å². The molecule has 1 fully saturated rings. The molecule has 4 rings (SSSR count). The number of aromatic nitrogens is 3. The topological polar surface area (TPSA) is 97.2 Å². The Morgan fingerprint density at radius 2 is 1.97 bits per heavy atom. The van der Waals surface area contributed by atoms with Crippen LogP contribution in [0.4, 0.5) is 5.69 Å². The van der Waals surface area contributed by atoms with Crippen molar-refractivity contribution >= 4 is 44.3 Å². The van der Waals surface area contributed by atoms with Crippen LogP contribution >= 0.6 is 11.6 Å². The summed E-state index contributed by atoms with van der Waals surface area (Å²) in [6, 6.07) is 10.8. The van der Waals surface area contributed by atoms with Crippen molar-refractivity contribution in [2.24, 2.45) is 0 Å². The van der Waals surface area contributed by atoms with E-state index in [1.54, 1.807) is 41.1 Å². The van der Waals surface area contributed by atoms with Crippen LogP contribution in [0.2, 0.25) is 5.02 Å². The number of hydrogen-bond donors (Lipinski definition) is 1. The first-order chi connectivity index (χ1) is 14.9. The van der Waals surface area contributed by atoms with Gasteiger partial charge in [-0.3, -0.25) is 4.79 Å². The SMILES string of the molecule is CCCn1nnc2cc(S(=O)(=O)N3CCCCC3C(=O)Nc3ccc(Cl)cc3)ccc21. The van der Waals surface area contributed by atoms with Gasteiger partial charge < -0.3 is 5.32 Å². The van der Waals surface area contributed by atoms with Crippen LogP contribution in [0.25, 0.3) is 11.0 Å². The van der Waals surface area contributed by atoms with Crippen LogP contribution in [0, 0.1) is 0 Å². The number of hydrogen-bond acceptors (Lipinski definition) is 5. The van der Waals surface area contributed by atoms with Gasteiger partial charge in [-0.15, -0.1) is 5.10 Å². The van der Waals surface area contributed by atoms with Gasteiger partial charge in [-0.05, 0) is 61.7 Å². The number of amides is 1. The van der Waals surface area contributed by atoms with E-state index in [2.05, 4.69) is 15.6 Å². The average molecular weight is 462 g/mol. The maximum Gasteiger partial charge on any atom is 0.243 e. The van der Waals surface area contributed by atoms with Gasteiger partial charge in [0, 0.05) is 23.8 Å². The molecule has 0 spiro atoms. The third-order valence-electron chi connectivity index (χ3n) is 5.40. The van der Waals surface area contributed by atoms with Gasteiger partial charge in [0.15, 0.2) is 0 Å². The van der Waals surface area contributed by atoms with Crippen LogP contribution in [0.5, 0.6) is 0 Å². The average Bonchev–Trinajstić information content (AvgIpc) is 3.18. The lowest BCUT2D eigenvalue weighted by Crippen LogP contribution is -2.49. The van der Waals surface area contributed by atoms with E-state index >= 15 is 0 Å². The maximum absolute atomic E-state index is 13.4. The van der Waals surface area contributed by atoms with Gasteiger partial charge >= 0.3 is 0 Å². The summed E-state index contributed by atoms with van der Waals surface area (Å²) < 4.78 is 30.0. The molecule has 1 saturated heterocycles. The zero-order valence-electron chi connectivity index (χ0n) is 17.2. The Morgan fingerprint density at radius 1 is 1.19 bits per heavy atom. The quantitative estimate of drug-likeness (QED) is 0.604. The second kappa shape index (κ2) is 8.94. The summed E-state index contributed by atoms with van der Waals surface area (Å²) in [5.74, 6) is -0.347. The van der Waals surface area contributed by atoms with Gasteiger partial charge in [-0.2, -0.15) is 4.31 Å². The number of sulfonamides is 1. The molecule has 1 aliphatic heterocycles. The van der Waals surface area contributed by atoms with Gasteiger partial charge in [0.25, 0.3) is 0 Å². The highest BCUT2D eigenvalue weighted by molar-refractivity contribution is 7.89. The van der Waals surface area contributed by atoms with Gasteiger partial charge in [-0.25, -0.2) is 13.1 Å². The van der Waals surface area contributed by atoms with Crippen LogP contribution in [0.3, 0.4) is 0 Å². The lowest BCUT2D eigenvalue weighted by molar-refractivity contribution is -0.120. The zero-order valence-corrected chi connectivity index (χ0v) is 18.7. The Kier molecular flexibility index (Phi) is 6.27. The molecular weight excluding hydrogens is 438 g/mol. The van der Waals surface area contributed by atoms with E-state index in [1.165, 1.54) is 10.4 Å². The molecule has 10 heteroatoms. The summed E-state index contributed by atoms with van der Waals surface area (Å²) in [6.45, 7) is 3.04. The Hall–Kier alpha value is -2.49. The number of halogens is 1. The molecule has 0 bridgehead atoms. The van der Waals surface area contributed by atoms with Crippen molar-refractivity contribution in [3.05, 3.63) is 47.5 Å². The Balaban J connectivity index is 1.61. The number of rotatable bonds is 6. The Bertz CT molecular complexity index is 1190. The fourth-order valence-corrected chi connectivity index (χ4v) is 5.64. The van der Waals surface area contributed by atoms with Crippen LogP contribution < -0.4 is 5.32 Å². The first kappa shape index (κ1) is 21.7. The third kappa shape index (κ3) is 4.44. The third-order valence-corrected chi connectivity index (χ3v) is 7.55. The number of aryl methyl sites for hydroxylation is 1. The summed E-state index contributed by atoms with van der Waals surface area (Å²) >= 11 is 5.90. The number of nitrogens with one attached hydrogen (secondary N) is 1. The molecule has 0 radical (unpaired) electrons. The van der Waals surface area contributed by atoms with Gasteiger partial charge in [0.1, 0.15) is 11.6 Å². The largest absolute Gasteiger partial charge is 0.325 e. The number of fused-ring (bicyclic) bond motifs is 1. The molecule has 8 nitrogen and oxygen atoms in total. The fourth-order valence-electron chi connectivity index (χ4n) is 3.84. The summed E-state index contributed by atoms with van der Waals surface area (Å²) in [6.07, 6.45) is 2.86. The van der Waals surface area contributed by atoms with Crippen molar-refractivity contribution in [3.63, 3.8) is 0 Å². The molecule has 1 unspecified atom stereocenters. The predicted octanol–water partition coefficient (Wildman–Crippen LogP) is 3.68. The van der Waals surface area contributed by atoms with E-state index in [4.69, 9.17) is 11.6 Å². The van der Waals surface area contributed by atoms with Crippen LogP contribution in [-0.4, -0.2) is 46.2 Å². The van der Waals surface area contributed by atoms with Crippen LogP contribution in [0.1, 0.15) is 32.6 Å².